The van der Waals surface area contributed by atoms with Crippen LogP contribution < -0.4 is 11.0 Å². The number of aromatic nitrogens is 3. The van der Waals surface area contributed by atoms with Gasteiger partial charge >= 0.3 is 5.69 Å². The summed E-state index contributed by atoms with van der Waals surface area (Å²) < 4.78 is 15.2. The van der Waals surface area contributed by atoms with Gasteiger partial charge in [0.05, 0.1) is 13.1 Å². The van der Waals surface area contributed by atoms with E-state index in [0.29, 0.717) is 18.9 Å². The van der Waals surface area contributed by atoms with Crippen LogP contribution in [0.25, 0.3) is 0 Å². The molecule has 1 heterocycles. The predicted molar refractivity (Wildman–Crippen MR) is 89.8 cm³/mol. The lowest BCUT2D eigenvalue weighted by Gasteiger charge is -2.03. The highest BCUT2D eigenvalue weighted by molar-refractivity contribution is 9.10. The molecule has 118 valence electrons. The van der Waals surface area contributed by atoms with E-state index in [1.807, 2.05) is 24.3 Å². The molecule has 0 aliphatic rings. The summed E-state index contributed by atoms with van der Waals surface area (Å²) in [6, 6.07) is 13.7. The van der Waals surface area contributed by atoms with Crippen molar-refractivity contribution in [2.45, 2.75) is 13.1 Å². The second-order valence-electron chi connectivity index (χ2n) is 5.02. The van der Waals surface area contributed by atoms with Crippen molar-refractivity contribution >= 4 is 21.6 Å². The molecule has 2 N–H and O–H groups in total. The Balaban J connectivity index is 1.67. The van der Waals surface area contributed by atoms with Gasteiger partial charge < -0.3 is 5.32 Å². The number of H-pyrrole nitrogens is 1. The quantitative estimate of drug-likeness (QED) is 0.718. The summed E-state index contributed by atoms with van der Waals surface area (Å²) in [7, 11) is 0. The largest absolute Gasteiger partial charge is 0.378 e. The number of halogens is 2. The molecule has 0 spiro atoms. The average molecular weight is 377 g/mol. The summed E-state index contributed by atoms with van der Waals surface area (Å²) in [5.41, 5.74) is 1.48. The SMILES string of the molecule is O=c1[nH]c(CNc2ccc(F)cc2)nn1Cc1ccc(Br)cc1. The van der Waals surface area contributed by atoms with E-state index in [0.717, 1.165) is 15.7 Å². The van der Waals surface area contributed by atoms with Crippen LogP contribution in [0.3, 0.4) is 0 Å². The molecule has 23 heavy (non-hydrogen) atoms. The Bertz CT molecular complexity index is 840. The van der Waals surface area contributed by atoms with Crippen LogP contribution in [0.1, 0.15) is 11.4 Å². The fourth-order valence-corrected chi connectivity index (χ4v) is 2.37. The summed E-state index contributed by atoms with van der Waals surface area (Å²) in [5.74, 6) is 0.235. The fourth-order valence-electron chi connectivity index (χ4n) is 2.11. The lowest BCUT2D eigenvalue weighted by atomic mass is 10.2. The lowest BCUT2D eigenvalue weighted by molar-refractivity contribution is 0.628. The minimum atomic E-state index is -0.289. The van der Waals surface area contributed by atoms with Gasteiger partial charge in [-0.15, -0.1) is 0 Å². The van der Waals surface area contributed by atoms with Gasteiger partial charge in [0.1, 0.15) is 11.6 Å². The third-order valence-electron chi connectivity index (χ3n) is 3.28. The third kappa shape index (κ3) is 4.07. The molecule has 5 nitrogen and oxygen atoms in total. The number of hydrogen-bond donors (Lipinski definition) is 2. The van der Waals surface area contributed by atoms with Crippen LogP contribution >= 0.6 is 15.9 Å². The number of hydrogen-bond acceptors (Lipinski definition) is 3. The highest BCUT2D eigenvalue weighted by Gasteiger charge is 2.06. The molecule has 0 fully saturated rings. The van der Waals surface area contributed by atoms with E-state index in [1.54, 1.807) is 12.1 Å². The molecule has 1 aromatic heterocycles. The molecule has 0 aliphatic heterocycles. The first-order valence-corrected chi connectivity index (χ1v) is 7.79. The van der Waals surface area contributed by atoms with Gasteiger partial charge in [0.25, 0.3) is 0 Å². The Kier molecular flexibility index (Phi) is 4.57. The zero-order valence-electron chi connectivity index (χ0n) is 12.1. The van der Waals surface area contributed by atoms with E-state index < -0.39 is 0 Å². The molecule has 3 rings (SSSR count). The van der Waals surface area contributed by atoms with Crippen LogP contribution in [0, 0.1) is 5.82 Å². The Labute approximate surface area is 140 Å². The Morgan fingerprint density at radius 2 is 1.83 bits per heavy atom. The van der Waals surface area contributed by atoms with Crippen molar-refractivity contribution in [3.63, 3.8) is 0 Å². The highest BCUT2D eigenvalue weighted by Crippen LogP contribution is 2.11. The van der Waals surface area contributed by atoms with Gasteiger partial charge in [0, 0.05) is 10.2 Å². The first-order chi connectivity index (χ1) is 11.1. The average Bonchev–Trinajstić information content (AvgIpc) is 2.89. The second kappa shape index (κ2) is 6.78. The van der Waals surface area contributed by atoms with Gasteiger partial charge in [-0.05, 0) is 42.0 Å². The molecule has 0 unspecified atom stereocenters. The van der Waals surface area contributed by atoms with Crippen molar-refractivity contribution in [2.24, 2.45) is 0 Å². The molecule has 0 atom stereocenters. The van der Waals surface area contributed by atoms with Crippen LogP contribution in [0.4, 0.5) is 10.1 Å². The van der Waals surface area contributed by atoms with Crippen molar-refractivity contribution in [3.8, 4) is 0 Å². The first-order valence-electron chi connectivity index (χ1n) is 7.00. The fraction of sp³-hybridized carbons (Fsp3) is 0.125. The standard InChI is InChI=1S/C16H14BrFN4O/c17-12-3-1-11(2-4-12)10-22-16(23)20-15(21-22)9-19-14-7-5-13(18)6-8-14/h1-8,19H,9-10H2,(H,20,21,23). The molecule has 3 aromatic rings. The van der Waals surface area contributed by atoms with Crippen molar-refractivity contribution in [2.75, 3.05) is 5.32 Å². The maximum absolute atomic E-state index is 12.8. The molecule has 7 heteroatoms. The molecular formula is C16H14BrFN4O. The van der Waals surface area contributed by atoms with Gasteiger partial charge in [-0.3, -0.25) is 4.98 Å². The van der Waals surface area contributed by atoms with Crippen LogP contribution in [0.15, 0.2) is 57.8 Å². The number of nitrogens with zero attached hydrogens (tertiary/aromatic N) is 2. The van der Waals surface area contributed by atoms with Gasteiger partial charge in [0.15, 0.2) is 0 Å². The van der Waals surface area contributed by atoms with Crippen molar-refractivity contribution in [3.05, 3.63) is 80.7 Å². The van der Waals surface area contributed by atoms with E-state index in [2.05, 4.69) is 31.3 Å². The minimum Gasteiger partial charge on any atom is -0.378 e. The zero-order valence-corrected chi connectivity index (χ0v) is 13.7. The molecular weight excluding hydrogens is 363 g/mol. The topological polar surface area (TPSA) is 62.7 Å². The smallest absolute Gasteiger partial charge is 0.343 e. The van der Waals surface area contributed by atoms with Gasteiger partial charge in [-0.1, -0.05) is 28.1 Å². The molecule has 0 saturated carbocycles. The molecule has 0 aliphatic carbocycles. The van der Waals surface area contributed by atoms with Gasteiger partial charge in [-0.2, -0.15) is 5.10 Å². The summed E-state index contributed by atoms with van der Waals surface area (Å²) >= 11 is 3.37. The number of anilines is 1. The van der Waals surface area contributed by atoms with Crippen molar-refractivity contribution < 1.29 is 4.39 Å². The van der Waals surface area contributed by atoms with Crippen LogP contribution in [-0.2, 0) is 13.1 Å². The molecule has 0 amide bonds. The third-order valence-corrected chi connectivity index (χ3v) is 3.81. The van der Waals surface area contributed by atoms with E-state index in [-0.39, 0.29) is 11.5 Å². The Hall–Kier alpha value is -2.41. The molecule has 2 aromatic carbocycles. The second-order valence-corrected chi connectivity index (χ2v) is 5.94. The molecule has 0 radical (unpaired) electrons. The predicted octanol–water partition coefficient (Wildman–Crippen LogP) is 3.13. The van der Waals surface area contributed by atoms with Crippen molar-refractivity contribution in [1.29, 1.82) is 0 Å². The normalized spacial score (nSPS) is 10.7. The number of benzene rings is 2. The van der Waals surface area contributed by atoms with Crippen molar-refractivity contribution in [1.82, 2.24) is 14.8 Å². The number of rotatable bonds is 5. The van der Waals surface area contributed by atoms with Crippen LogP contribution in [-0.4, -0.2) is 14.8 Å². The van der Waals surface area contributed by atoms with E-state index in [1.165, 1.54) is 16.8 Å². The summed E-state index contributed by atoms with van der Waals surface area (Å²) in [6.45, 7) is 0.757. The zero-order chi connectivity index (χ0) is 16.2. The van der Waals surface area contributed by atoms with Gasteiger partial charge in [0.2, 0.25) is 0 Å². The monoisotopic (exact) mass is 376 g/mol. The molecule has 0 saturated heterocycles. The van der Waals surface area contributed by atoms with E-state index in [4.69, 9.17) is 0 Å². The van der Waals surface area contributed by atoms with Crippen LogP contribution in [0.5, 0.6) is 0 Å². The van der Waals surface area contributed by atoms with E-state index in [9.17, 15) is 9.18 Å². The summed E-state index contributed by atoms with van der Waals surface area (Å²) in [6.07, 6.45) is 0. The van der Waals surface area contributed by atoms with Crippen LogP contribution in [0.2, 0.25) is 0 Å². The number of nitrogens with one attached hydrogen (secondary N) is 2. The Morgan fingerprint density at radius 3 is 2.52 bits per heavy atom. The number of aromatic amines is 1. The minimum absolute atomic E-state index is 0.260. The summed E-state index contributed by atoms with van der Waals surface area (Å²) in [4.78, 5) is 14.6. The maximum Gasteiger partial charge on any atom is 0.343 e. The Morgan fingerprint density at radius 1 is 1.13 bits per heavy atom. The highest BCUT2D eigenvalue weighted by atomic mass is 79.9. The van der Waals surface area contributed by atoms with Gasteiger partial charge in [-0.25, -0.2) is 13.9 Å². The maximum atomic E-state index is 12.8. The summed E-state index contributed by atoms with van der Waals surface area (Å²) in [5, 5.41) is 7.34. The van der Waals surface area contributed by atoms with E-state index >= 15 is 0 Å². The first kappa shape index (κ1) is 15.5. The lowest BCUT2D eigenvalue weighted by Crippen LogP contribution is -2.18. The molecule has 0 bridgehead atoms.